The average molecular weight is 510 g/mol. The number of methoxy groups -OCH3 is 1. The Morgan fingerprint density at radius 1 is 0.921 bits per heavy atom. The second kappa shape index (κ2) is 8.44. The highest BCUT2D eigenvalue weighted by atomic mass is 16.6. The lowest BCUT2D eigenvalue weighted by molar-refractivity contribution is -0.124. The molecule has 190 valence electrons. The minimum atomic E-state index is -0.943. The molecule has 9 heteroatoms. The summed E-state index contributed by atoms with van der Waals surface area (Å²) in [6, 6.07) is 17.9. The van der Waals surface area contributed by atoms with Gasteiger partial charge in [-0.3, -0.25) is 19.4 Å². The van der Waals surface area contributed by atoms with Gasteiger partial charge in [-0.25, -0.2) is 4.90 Å². The number of benzene rings is 3. The van der Waals surface area contributed by atoms with Crippen molar-refractivity contribution < 1.29 is 28.6 Å². The molecule has 0 aliphatic carbocycles. The topological polar surface area (TPSA) is 97.7 Å². The summed E-state index contributed by atoms with van der Waals surface area (Å²) in [7, 11) is 1.55. The van der Waals surface area contributed by atoms with Crippen LogP contribution in [0.5, 0.6) is 17.2 Å². The molecule has 0 unspecified atom stereocenters. The van der Waals surface area contributed by atoms with Gasteiger partial charge in [0.15, 0.2) is 17.3 Å². The van der Waals surface area contributed by atoms with Crippen LogP contribution in [0.1, 0.15) is 27.5 Å². The van der Waals surface area contributed by atoms with Crippen LogP contribution in [-0.4, -0.2) is 55.2 Å². The van der Waals surface area contributed by atoms with E-state index in [2.05, 4.69) is 5.10 Å². The molecule has 4 atom stereocenters. The van der Waals surface area contributed by atoms with E-state index < -0.39 is 29.8 Å². The highest BCUT2D eigenvalue weighted by Gasteiger charge is 2.65. The summed E-state index contributed by atoms with van der Waals surface area (Å²) in [6.45, 7) is 0.818. The molecule has 2 fully saturated rings. The zero-order valence-corrected chi connectivity index (χ0v) is 20.4. The molecular weight excluding hydrogens is 486 g/mol. The predicted octanol–water partition coefficient (Wildman–Crippen LogP) is 3.23. The van der Waals surface area contributed by atoms with Gasteiger partial charge in [-0.15, -0.1) is 0 Å². The van der Waals surface area contributed by atoms with Crippen LogP contribution in [-0.2, 0) is 9.59 Å². The molecule has 0 bridgehead atoms. The quantitative estimate of drug-likeness (QED) is 0.394. The first-order chi connectivity index (χ1) is 18.6. The monoisotopic (exact) mass is 509 g/mol. The summed E-state index contributed by atoms with van der Waals surface area (Å²) < 4.78 is 16.5. The molecule has 38 heavy (non-hydrogen) atoms. The van der Waals surface area contributed by atoms with Crippen molar-refractivity contribution in [2.24, 2.45) is 16.9 Å². The maximum Gasteiger partial charge on any atom is 0.240 e. The molecule has 0 saturated carbocycles. The van der Waals surface area contributed by atoms with E-state index in [1.807, 2.05) is 24.3 Å². The maximum atomic E-state index is 14.1. The van der Waals surface area contributed by atoms with Crippen molar-refractivity contribution in [1.29, 1.82) is 0 Å². The Labute approximate surface area is 218 Å². The van der Waals surface area contributed by atoms with Gasteiger partial charge in [0.2, 0.25) is 11.8 Å². The lowest BCUT2D eigenvalue weighted by Crippen LogP contribution is -2.44. The number of Topliss-reactive ketones (excluding diaryl/α,β-unsaturated/α-hetero) is 1. The molecule has 4 aliphatic rings. The van der Waals surface area contributed by atoms with Crippen LogP contribution in [0.25, 0.3) is 0 Å². The van der Waals surface area contributed by atoms with Gasteiger partial charge in [0.25, 0.3) is 0 Å². The number of ketones is 1. The third-order valence-corrected chi connectivity index (χ3v) is 7.72. The minimum absolute atomic E-state index is 0.271. The second-order valence-corrected chi connectivity index (χ2v) is 9.63. The summed E-state index contributed by atoms with van der Waals surface area (Å²) >= 11 is 0. The average Bonchev–Trinajstić information content (AvgIpc) is 3.44. The number of anilines is 1. The third-order valence-electron chi connectivity index (χ3n) is 7.72. The molecule has 4 aliphatic heterocycles. The first-order valence-electron chi connectivity index (χ1n) is 12.4. The fraction of sp³-hybridized carbons (Fsp3) is 0.241. The van der Waals surface area contributed by atoms with Gasteiger partial charge in [0, 0.05) is 11.6 Å². The molecule has 0 aromatic heterocycles. The van der Waals surface area contributed by atoms with Crippen LogP contribution in [0.2, 0.25) is 0 Å². The lowest BCUT2D eigenvalue weighted by atomic mass is 9.83. The standard InChI is InChI=1S/C29H23N3O6/c1-36-19-9-6-16(7-10-19)27(33)26-24-23(25-20-5-3-2-4-17(20)15-30-32(25)26)28(34)31(29(24)35)18-8-11-21-22(14-18)38-13-12-37-21/h2-11,14-15,23-26H,12-13H2,1H3/t23-,24+,25+,26-/m1/s1. The molecule has 3 aromatic rings. The van der Waals surface area contributed by atoms with Gasteiger partial charge in [0.05, 0.1) is 36.9 Å². The SMILES string of the molecule is COc1ccc(C(=O)[C@H]2[C@H]3C(=O)N(c4ccc5c(c4)OCCO5)C(=O)[C@H]3[C@@H]3c4ccccc4C=NN23)cc1. The van der Waals surface area contributed by atoms with Gasteiger partial charge in [-0.2, -0.15) is 5.10 Å². The van der Waals surface area contributed by atoms with E-state index in [4.69, 9.17) is 14.2 Å². The van der Waals surface area contributed by atoms with Crippen molar-refractivity contribution in [2.75, 3.05) is 25.2 Å². The van der Waals surface area contributed by atoms with Gasteiger partial charge >= 0.3 is 0 Å². The van der Waals surface area contributed by atoms with Crippen molar-refractivity contribution in [3.8, 4) is 17.2 Å². The Morgan fingerprint density at radius 3 is 2.45 bits per heavy atom. The first kappa shape index (κ1) is 22.5. The van der Waals surface area contributed by atoms with E-state index >= 15 is 0 Å². The maximum absolute atomic E-state index is 14.1. The van der Waals surface area contributed by atoms with Crippen LogP contribution in [0, 0.1) is 11.8 Å². The fourth-order valence-corrected chi connectivity index (χ4v) is 6.02. The second-order valence-electron chi connectivity index (χ2n) is 9.63. The number of hydrogen-bond donors (Lipinski definition) is 0. The van der Waals surface area contributed by atoms with Gasteiger partial charge < -0.3 is 14.2 Å². The number of rotatable bonds is 4. The first-order valence-corrected chi connectivity index (χ1v) is 12.4. The number of ether oxygens (including phenoxy) is 3. The summed E-state index contributed by atoms with van der Waals surface area (Å²) in [5.41, 5.74) is 2.55. The Hall–Kier alpha value is -4.66. The molecule has 2 saturated heterocycles. The van der Waals surface area contributed by atoms with Crippen LogP contribution in [0.15, 0.2) is 71.8 Å². The van der Waals surface area contributed by atoms with Crippen molar-refractivity contribution >= 4 is 29.5 Å². The summed E-state index contributed by atoms with van der Waals surface area (Å²) in [5, 5.41) is 6.26. The van der Waals surface area contributed by atoms with Crippen LogP contribution < -0.4 is 19.1 Å². The minimum Gasteiger partial charge on any atom is -0.497 e. The van der Waals surface area contributed by atoms with Gasteiger partial charge in [-0.1, -0.05) is 24.3 Å². The molecule has 9 nitrogen and oxygen atoms in total. The normalized spacial score (nSPS) is 24.7. The van der Waals surface area contributed by atoms with Crippen molar-refractivity contribution in [1.82, 2.24) is 5.01 Å². The zero-order chi connectivity index (χ0) is 26.0. The molecule has 3 aromatic carbocycles. The largest absolute Gasteiger partial charge is 0.497 e. The smallest absolute Gasteiger partial charge is 0.240 e. The zero-order valence-electron chi connectivity index (χ0n) is 20.4. The molecule has 4 heterocycles. The number of carbonyl (C=O) groups is 3. The molecular formula is C29H23N3O6. The molecule has 2 amide bonds. The molecule has 0 radical (unpaired) electrons. The van der Waals surface area contributed by atoms with E-state index in [0.717, 1.165) is 11.1 Å². The predicted molar refractivity (Wildman–Crippen MR) is 137 cm³/mol. The van der Waals surface area contributed by atoms with Crippen molar-refractivity contribution in [2.45, 2.75) is 12.1 Å². The number of hydrazone groups is 1. The number of imide groups is 1. The van der Waals surface area contributed by atoms with E-state index in [1.54, 1.807) is 60.8 Å². The highest BCUT2D eigenvalue weighted by molar-refractivity contribution is 6.24. The molecule has 0 spiro atoms. The van der Waals surface area contributed by atoms with Gasteiger partial charge in [0.1, 0.15) is 25.0 Å². The number of amides is 2. The Morgan fingerprint density at radius 2 is 1.66 bits per heavy atom. The molecule has 0 N–H and O–H groups in total. The van der Waals surface area contributed by atoms with Gasteiger partial charge in [-0.05, 0) is 47.5 Å². The van der Waals surface area contributed by atoms with E-state index in [9.17, 15) is 14.4 Å². The van der Waals surface area contributed by atoms with Crippen LogP contribution in [0.3, 0.4) is 0 Å². The summed E-state index contributed by atoms with van der Waals surface area (Å²) in [4.78, 5) is 43.3. The Kier molecular flexibility index (Phi) is 5.01. The van der Waals surface area contributed by atoms with E-state index in [0.29, 0.717) is 41.7 Å². The molecule has 7 rings (SSSR count). The number of carbonyl (C=O) groups excluding carboxylic acids is 3. The van der Waals surface area contributed by atoms with Crippen molar-refractivity contribution in [3.63, 3.8) is 0 Å². The summed E-state index contributed by atoms with van der Waals surface area (Å²) in [5.74, 6) is -1.08. The lowest BCUT2D eigenvalue weighted by Gasteiger charge is -2.34. The van der Waals surface area contributed by atoms with Crippen molar-refractivity contribution in [3.05, 3.63) is 83.4 Å². The number of nitrogens with zero attached hydrogens (tertiary/aromatic N) is 3. The number of fused-ring (bicyclic) bond motifs is 6. The number of hydrogen-bond acceptors (Lipinski definition) is 8. The van der Waals surface area contributed by atoms with E-state index in [-0.39, 0.29) is 11.7 Å². The van der Waals surface area contributed by atoms with Crippen LogP contribution in [0.4, 0.5) is 5.69 Å². The Balaban J connectivity index is 1.33. The fourth-order valence-electron chi connectivity index (χ4n) is 6.02. The van der Waals surface area contributed by atoms with Crippen LogP contribution >= 0.6 is 0 Å². The van der Waals surface area contributed by atoms with E-state index in [1.165, 1.54) is 4.90 Å². The summed E-state index contributed by atoms with van der Waals surface area (Å²) in [6.07, 6.45) is 1.69. The highest BCUT2D eigenvalue weighted by Crippen LogP contribution is 2.53. The Bertz CT molecular complexity index is 1520. The third kappa shape index (κ3) is 3.17.